The zero-order valence-corrected chi connectivity index (χ0v) is 8.14. The van der Waals surface area contributed by atoms with Gasteiger partial charge in [-0.25, -0.2) is 4.39 Å². The lowest BCUT2D eigenvalue weighted by molar-refractivity contribution is 0.413. The minimum Gasteiger partial charge on any atom is -0.496 e. The van der Waals surface area contributed by atoms with Gasteiger partial charge in [-0.3, -0.25) is 0 Å². The molecule has 64 valence electrons. The standard InChI is InChI=1S/C9H8BrFO/c1-12-9-5-3-2-4-7(9)8(10)6-11/h2-6H,1H3/b8-6+. The Hall–Kier alpha value is -0.830. The van der Waals surface area contributed by atoms with Crippen molar-refractivity contribution in [2.75, 3.05) is 7.11 Å². The fourth-order valence-electron chi connectivity index (χ4n) is 0.901. The molecule has 0 saturated carbocycles. The van der Waals surface area contributed by atoms with Crippen LogP contribution in [0.4, 0.5) is 4.39 Å². The van der Waals surface area contributed by atoms with Gasteiger partial charge in [-0.1, -0.05) is 18.2 Å². The van der Waals surface area contributed by atoms with Crippen LogP contribution < -0.4 is 4.74 Å². The maximum Gasteiger partial charge on any atom is 0.127 e. The molecule has 0 aliphatic heterocycles. The molecule has 0 aliphatic carbocycles. The third-order valence-corrected chi connectivity index (χ3v) is 2.06. The van der Waals surface area contributed by atoms with Gasteiger partial charge in [-0.05, 0) is 22.0 Å². The van der Waals surface area contributed by atoms with Gasteiger partial charge in [0.15, 0.2) is 0 Å². The van der Waals surface area contributed by atoms with Crippen molar-refractivity contribution in [3.63, 3.8) is 0 Å². The largest absolute Gasteiger partial charge is 0.496 e. The molecule has 1 rings (SSSR count). The van der Waals surface area contributed by atoms with E-state index in [9.17, 15) is 4.39 Å². The van der Waals surface area contributed by atoms with Crippen LogP contribution >= 0.6 is 15.9 Å². The number of benzene rings is 1. The fourth-order valence-corrected chi connectivity index (χ4v) is 1.23. The summed E-state index contributed by atoms with van der Waals surface area (Å²) in [6.45, 7) is 0. The number of para-hydroxylation sites is 1. The molecule has 0 aliphatic rings. The molecule has 0 spiro atoms. The van der Waals surface area contributed by atoms with Gasteiger partial charge < -0.3 is 4.74 Å². The number of halogens is 2. The van der Waals surface area contributed by atoms with Gasteiger partial charge in [0.25, 0.3) is 0 Å². The predicted octanol–water partition coefficient (Wildman–Crippen LogP) is 3.36. The van der Waals surface area contributed by atoms with Crippen LogP contribution in [0, 0.1) is 0 Å². The Labute approximate surface area is 79.0 Å². The van der Waals surface area contributed by atoms with Gasteiger partial charge in [-0.2, -0.15) is 0 Å². The minimum absolute atomic E-state index is 0.389. The van der Waals surface area contributed by atoms with Gasteiger partial charge in [0.05, 0.1) is 11.6 Å². The number of ether oxygens (including phenoxy) is 1. The first-order valence-electron chi connectivity index (χ1n) is 3.39. The van der Waals surface area contributed by atoms with Crippen molar-refractivity contribution in [2.24, 2.45) is 0 Å². The van der Waals surface area contributed by atoms with Gasteiger partial charge in [0.1, 0.15) is 12.1 Å². The molecular weight excluding hydrogens is 223 g/mol. The smallest absolute Gasteiger partial charge is 0.127 e. The molecule has 0 heterocycles. The second kappa shape index (κ2) is 4.26. The van der Waals surface area contributed by atoms with Crippen LogP contribution in [0.5, 0.6) is 5.75 Å². The summed E-state index contributed by atoms with van der Waals surface area (Å²) in [4.78, 5) is 0. The van der Waals surface area contributed by atoms with Crippen molar-refractivity contribution in [3.05, 3.63) is 36.2 Å². The van der Waals surface area contributed by atoms with Crippen LogP contribution in [0.15, 0.2) is 30.6 Å². The second-order valence-corrected chi connectivity index (χ2v) is 3.01. The van der Waals surface area contributed by atoms with Crippen molar-refractivity contribution < 1.29 is 9.13 Å². The van der Waals surface area contributed by atoms with Crippen LogP contribution in [-0.4, -0.2) is 7.11 Å². The maximum absolute atomic E-state index is 12.1. The average Bonchev–Trinajstić information content (AvgIpc) is 2.16. The van der Waals surface area contributed by atoms with E-state index in [0.29, 0.717) is 22.1 Å². The molecule has 1 nitrogen and oxygen atoms in total. The summed E-state index contributed by atoms with van der Waals surface area (Å²) in [6, 6.07) is 7.21. The van der Waals surface area contributed by atoms with E-state index in [1.54, 1.807) is 19.2 Å². The molecule has 0 amide bonds. The summed E-state index contributed by atoms with van der Waals surface area (Å²) < 4.78 is 17.5. The molecule has 0 aromatic heterocycles. The van der Waals surface area contributed by atoms with Crippen LogP contribution in [0.1, 0.15) is 5.56 Å². The van der Waals surface area contributed by atoms with Crippen LogP contribution in [0.25, 0.3) is 4.48 Å². The average molecular weight is 231 g/mol. The van der Waals surface area contributed by atoms with E-state index < -0.39 is 0 Å². The molecule has 3 heteroatoms. The quantitative estimate of drug-likeness (QED) is 0.758. The third kappa shape index (κ3) is 1.85. The van der Waals surface area contributed by atoms with Crippen molar-refractivity contribution in [2.45, 2.75) is 0 Å². The highest BCUT2D eigenvalue weighted by Crippen LogP contribution is 2.29. The molecule has 1 aromatic carbocycles. The highest BCUT2D eigenvalue weighted by molar-refractivity contribution is 9.15. The Morgan fingerprint density at radius 2 is 2.17 bits per heavy atom. The van der Waals surface area contributed by atoms with E-state index >= 15 is 0 Å². The normalized spacial score (nSPS) is 11.4. The van der Waals surface area contributed by atoms with Crippen molar-refractivity contribution >= 4 is 20.4 Å². The monoisotopic (exact) mass is 230 g/mol. The summed E-state index contributed by atoms with van der Waals surface area (Å²) >= 11 is 3.08. The highest BCUT2D eigenvalue weighted by atomic mass is 79.9. The Bertz CT molecular complexity index is 296. The Morgan fingerprint density at radius 3 is 2.75 bits per heavy atom. The Balaban J connectivity index is 3.13. The predicted molar refractivity (Wildman–Crippen MR) is 51.0 cm³/mol. The Morgan fingerprint density at radius 1 is 1.50 bits per heavy atom. The molecule has 0 bridgehead atoms. The minimum atomic E-state index is 0.389. The SMILES string of the molecule is COc1ccccc1/C(Br)=C\F. The van der Waals surface area contributed by atoms with E-state index in [0.717, 1.165) is 0 Å². The molecular formula is C9H8BrFO. The second-order valence-electron chi connectivity index (χ2n) is 2.16. The molecule has 0 radical (unpaired) electrons. The highest BCUT2D eigenvalue weighted by Gasteiger charge is 2.03. The number of rotatable bonds is 2. The van der Waals surface area contributed by atoms with Crippen molar-refractivity contribution in [3.8, 4) is 5.75 Å². The third-order valence-electron chi connectivity index (χ3n) is 1.46. The van der Waals surface area contributed by atoms with E-state index in [4.69, 9.17) is 4.74 Å². The first-order valence-corrected chi connectivity index (χ1v) is 4.18. The Kier molecular flexibility index (Phi) is 3.29. The lowest BCUT2D eigenvalue weighted by Gasteiger charge is -2.05. The summed E-state index contributed by atoms with van der Waals surface area (Å²) in [5, 5.41) is 0. The van der Waals surface area contributed by atoms with E-state index in [1.807, 2.05) is 12.1 Å². The van der Waals surface area contributed by atoms with Crippen LogP contribution in [0.3, 0.4) is 0 Å². The summed E-state index contributed by atoms with van der Waals surface area (Å²) in [7, 11) is 1.55. The topological polar surface area (TPSA) is 9.23 Å². The molecule has 12 heavy (non-hydrogen) atoms. The molecule has 0 fully saturated rings. The summed E-state index contributed by atoms with van der Waals surface area (Å²) in [5.74, 6) is 0.651. The number of hydrogen-bond acceptors (Lipinski definition) is 1. The van der Waals surface area contributed by atoms with Crippen molar-refractivity contribution in [1.29, 1.82) is 0 Å². The molecule has 0 atom stereocenters. The molecule has 0 saturated heterocycles. The fraction of sp³-hybridized carbons (Fsp3) is 0.111. The summed E-state index contributed by atoms with van der Waals surface area (Å²) in [5.41, 5.74) is 0.711. The van der Waals surface area contributed by atoms with Crippen LogP contribution in [-0.2, 0) is 0 Å². The molecule has 0 N–H and O–H groups in total. The molecule has 1 aromatic rings. The lowest BCUT2D eigenvalue weighted by atomic mass is 10.2. The van der Waals surface area contributed by atoms with Gasteiger partial charge in [0, 0.05) is 5.56 Å². The van der Waals surface area contributed by atoms with E-state index in [2.05, 4.69) is 15.9 Å². The van der Waals surface area contributed by atoms with Gasteiger partial charge in [0.2, 0.25) is 0 Å². The van der Waals surface area contributed by atoms with Crippen molar-refractivity contribution in [1.82, 2.24) is 0 Å². The number of hydrogen-bond donors (Lipinski definition) is 0. The lowest BCUT2D eigenvalue weighted by Crippen LogP contribution is -1.87. The first kappa shape index (κ1) is 9.26. The van der Waals surface area contributed by atoms with E-state index in [1.165, 1.54) is 0 Å². The van der Waals surface area contributed by atoms with Crippen LogP contribution in [0.2, 0.25) is 0 Å². The number of methoxy groups -OCH3 is 1. The first-order chi connectivity index (χ1) is 5.79. The zero-order valence-electron chi connectivity index (χ0n) is 6.55. The van der Waals surface area contributed by atoms with Gasteiger partial charge in [-0.15, -0.1) is 0 Å². The maximum atomic E-state index is 12.1. The van der Waals surface area contributed by atoms with E-state index in [-0.39, 0.29) is 0 Å². The summed E-state index contributed by atoms with van der Waals surface area (Å²) in [6.07, 6.45) is 0.498. The van der Waals surface area contributed by atoms with Gasteiger partial charge >= 0.3 is 0 Å². The zero-order chi connectivity index (χ0) is 8.97. The molecule has 0 unspecified atom stereocenters.